The number of hydrogen-bond acceptors (Lipinski definition) is 6. The quantitative estimate of drug-likeness (QED) is 0.499. The average Bonchev–Trinajstić information content (AvgIpc) is 2.88. The molecule has 6 heteroatoms. The summed E-state index contributed by atoms with van der Waals surface area (Å²) in [7, 11) is 0. The Balaban J connectivity index is 0.00000267. The van der Waals surface area contributed by atoms with Crippen molar-refractivity contribution in [2.45, 2.75) is 25.4 Å². The maximum absolute atomic E-state index is 10.1. The molecule has 0 radical (unpaired) electrons. The van der Waals surface area contributed by atoms with E-state index in [2.05, 4.69) is 4.90 Å². The van der Waals surface area contributed by atoms with Gasteiger partial charge >= 0.3 is 0 Å². The lowest BCUT2D eigenvalue weighted by Crippen LogP contribution is -2.33. The lowest BCUT2D eigenvalue weighted by Gasteiger charge is -2.35. The van der Waals surface area contributed by atoms with Gasteiger partial charge in [-0.15, -0.1) is 0 Å². The number of phenols is 2. The van der Waals surface area contributed by atoms with E-state index >= 15 is 0 Å². The Morgan fingerprint density at radius 3 is 2.34 bits per heavy atom. The molecule has 182 valence electrons. The van der Waals surface area contributed by atoms with E-state index in [0.717, 1.165) is 40.1 Å². The van der Waals surface area contributed by atoms with Crippen LogP contribution in [0.2, 0.25) is 0 Å². The molecular formula is C29H31NO5. The van der Waals surface area contributed by atoms with Gasteiger partial charge in [0.05, 0.1) is 0 Å². The molecule has 1 fully saturated rings. The van der Waals surface area contributed by atoms with Crippen molar-refractivity contribution in [3.05, 3.63) is 77.4 Å². The Morgan fingerprint density at radius 1 is 0.857 bits per heavy atom. The number of piperidine rings is 1. The van der Waals surface area contributed by atoms with Gasteiger partial charge in [-0.3, -0.25) is 4.90 Å². The molecule has 35 heavy (non-hydrogen) atoms. The van der Waals surface area contributed by atoms with Gasteiger partial charge in [-0.05, 0) is 67.9 Å². The molecule has 0 spiro atoms. The number of nitrogens with zero attached hydrogens (tertiary/aromatic N) is 1. The zero-order valence-corrected chi connectivity index (χ0v) is 19.6. The van der Waals surface area contributed by atoms with Crippen molar-refractivity contribution < 1.29 is 25.9 Å². The molecule has 1 unspecified atom stereocenters. The van der Waals surface area contributed by atoms with Crippen molar-refractivity contribution in [3.63, 3.8) is 0 Å². The second-order valence-electron chi connectivity index (χ2n) is 9.36. The summed E-state index contributed by atoms with van der Waals surface area (Å²) in [6, 6.07) is 18.4. The topological polar surface area (TPSA) is 71.4 Å². The maximum atomic E-state index is 10.1. The van der Waals surface area contributed by atoms with Gasteiger partial charge in [-0.1, -0.05) is 18.6 Å². The molecule has 3 aliphatic heterocycles. The summed E-state index contributed by atoms with van der Waals surface area (Å²) in [6.45, 7) is 4.32. The Hall–Kier alpha value is -3.64. The highest BCUT2D eigenvalue weighted by molar-refractivity contribution is 5.99. The number of benzene rings is 3. The van der Waals surface area contributed by atoms with Gasteiger partial charge in [-0.25, -0.2) is 0 Å². The number of rotatable bonds is 5. The minimum atomic E-state index is -0.381. The Labute approximate surface area is 206 Å². The average molecular weight is 474 g/mol. The van der Waals surface area contributed by atoms with Gasteiger partial charge in [0.1, 0.15) is 42.0 Å². The molecule has 3 aromatic rings. The van der Waals surface area contributed by atoms with Crippen LogP contribution in [0.1, 0.15) is 43.5 Å². The summed E-state index contributed by atoms with van der Waals surface area (Å²) in [6.07, 6.45) is 3.52. The zero-order valence-electron chi connectivity index (χ0n) is 19.6. The molecule has 2 N–H and O–H groups in total. The maximum Gasteiger partial charge on any atom is 0.150 e. The second kappa shape index (κ2) is 9.19. The Kier molecular flexibility index (Phi) is 5.74. The van der Waals surface area contributed by atoms with Crippen molar-refractivity contribution in [1.82, 2.24) is 4.90 Å². The summed E-state index contributed by atoms with van der Waals surface area (Å²) in [4.78, 5) is 2.47. The van der Waals surface area contributed by atoms with Crippen LogP contribution in [-0.4, -0.2) is 48.0 Å². The third-order valence-electron chi connectivity index (χ3n) is 7.06. The van der Waals surface area contributed by atoms with Crippen LogP contribution in [0.5, 0.6) is 28.7 Å². The molecule has 0 aliphatic carbocycles. The van der Waals surface area contributed by atoms with Crippen LogP contribution >= 0.6 is 0 Å². The standard InChI is InChI=1S/C29H29NO5.H2/c31-20-7-11-24-26(16-20)34-18-25-23-10-6-21(32)17-27(23)35-29(28(24)25)19-4-8-22(9-5-19)33-15-14-30-12-2-1-3-13-30;/h4-11,16-17,29,31-32H,1-3,12-15,18H2;1H. The minimum Gasteiger partial charge on any atom is -0.508 e. The molecular weight excluding hydrogens is 442 g/mol. The largest absolute Gasteiger partial charge is 0.508 e. The lowest BCUT2D eigenvalue weighted by molar-refractivity contribution is 0.183. The molecule has 6 nitrogen and oxygen atoms in total. The van der Waals surface area contributed by atoms with Crippen molar-refractivity contribution in [2.75, 3.05) is 32.8 Å². The van der Waals surface area contributed by atoms with Gasteiger partial charge in [0.2, 0.25) is 0 Å². The highest BCUT2D eigenvalue weighted by Crippen LogP contribution is 2.51. The normalized spacial score (nSPS) is 19.1. The third kappa shape index (κ3) is 4.30. The summed E-state index contributed by atoms with van der Waals surface area (Å²) in [5, 5.41) is 20.0. The summed E-state index contributed by atoms with van der Waals surface area (Å²) >= 11 is 0. The molecule has 0 aromatic heterocycles. The van der Waals surface area contributed by atoms with E-state index in [1.165, 1.54) is 32.4 Å². The SMILES string of the molecule is Oc1ccc2c(c1)OC(c1ccc(OCCN3CCCCC3)cc1)C1=C2COc2cc(O)ccc21.[HH]. The van der Waals surface area contributed by atoms with Gasteiger partial charge < -0.3 is 24.4 Å². The predicted octanol–water partition coefficient (Wildman–Crippen LogP) is 5.65. The van der Waals surface area contributed by atoms with Gasteiger partial charge in [-0.2, -0.15) is 0 Å². The van der Waals surface area contributed by atoms with E-state index in [9.17, 15) is 10.2 Å². The zero-order chi connectivity index (χ0) is 23.8. The van der Waals surface area contributed by atoms with Crippen LogP contribution in [-0.2, 0) is 0 Å². The first-order valence-corrected chi connectivity index (χ1v) is 12.3. The molecule has 0 amide bonds. The fourth-order valence-electron chi connectivity index (χ4n) is 5.26. The van der Waals surface area contributed by atoms with Gasteiger partial charge in [0.25, 0.3) is 0 Å². The van der Waals surface area contributed by atoms with Gasteiger partial charge in [0, 0.05) is 42.4 Å². The highest BCUT2D eigenvalue weighted by atomic mass is 16.5. The van der Waals surface area contributed by atoms with Crippen LogP contribution < -0.4 is 14.2 Å². The summed E-state index contributed by atoms with van der Waals surface area (Å²) in [5.74, 6) is 2.42. The smallest absolute Gasteiger partial charge is 0.150 e. The van der Waals surface area contributed by atoms with Crippen LogP contribution in [0.4, 0.5) is 0 Å². The fraction of sp³-hybridized carbons (Fsp3) is 0.310. The summed E-state index contributed by atoms with van der Waals surface area (Å²) < 4.78 is 18.5. The van der Waals surface area contributed by atoms with E-state index in [1.54, 1.807) is 24.3 Å². The van der Waals surface area contributed by atoms with E-state index in [1.807, 2.05) is 36.4 Å². The Morgan fingerprint density at radius 2 is 1.57 bits per heavy atom. The van der Waals surface area contributed by atoms with Crippen LogP contribution in [0.15, 0.2) is 60.7 Å². The molecule has 0 saturated carbocycles. The molecule has 3 aromatic carbocycles. The van der Waals surface area contributed by atoms with Crippen LogP contribution in [0.3, 0.4) is 0 Å². The first-order chi connectivity index (χ1) is 17.2. The highest BCUT2D eigenvalue weighted by Gasteiger charge is 2.35. The minimum absolute atomic E-state index is 0. The molecule has 1 saturated heterocycles. The Bertz CT molecular complexity index is 1270. The monoisotopic (exact) mass is 473 g/mol. The lowest BCUT2D eigenvalue weighted by atomic mass is 9.84. The fourth-order valence-corrected chi connectivity index (χ4v) is 5.26. The van der Waals surface area contributed by atoms with Crippen molar-refractivity contribution in [1.29, 1.82) is 0 Å². The third-order valence-corrected chi connectivity index (χ3v) is 7.06. The van der Waals surface area contributed by atoms with E-state index in [4.69, 9.17) is 14.2 Å². The second-order valence-corrected chi connectivity index (χ2v) is 9.36. The predicted molar refractivity (Wildman–Crippen MR) is 136 cm³/mol. The number of phenolic OH excluding ortho intramolecular Hbond substituents is 2. The van der Waals surface area contributed by atoms with E-state index < -0.39 is 0 Å². The number of fused-ring (bicyclic) bond motifs is 4. The van der Waals surface area contributed by atoms with Crippen LogP contribution in [0, 0.1) is 0 Å². The number of hydrogen-bond donors (Lipinski definition) is 2. The van der Waals surface area contributed by atoms with Crippen molar-refractivity contribution in [3.8, 4) is 28.7 Å². The molecule has 3 heterocycles. The molecule has 6 rings (SSSR count). The number of likely N-dealkylation sites (tertiary alicyclic amines) is 1. The first-order valence-electron chi connectivity index (χ1n) is 12.3. The first kappa shape index (κ1) is 21.9. The number of ether oxygens (including phenoxy) is 3. The van der Waals surface area contributed by atoms with Crippen molar-refractivity contribution in [2.24, 2.45) is 0 Å². The summed E-state index contributed by atoms with van der Waals surface area (Å²) in [5.41, 5.74) is 4.83. The molecule has 3 aliphatic rings. The van der Waals surface area contributed by atoms with E-state index in [0.29, 0.717) is 24.7 Å². The molecule has 1 atom stereocenters. The number of aromatic hydroxyl groups is 2. The van der Waals surface area contributed by atoms with Crippen LogP contribution in [0.25, 0.3) is 11.1 Å². The van der Waals surface area contributed by atoms with Gasteiger partial charge in [0.15, 0.2) is 6.10 Å². The van der Waals surface area contributed by atoms with Crippen molar-refractivity contribution >= 4 is 11.1 Å². The van der Waals surface area contributed by atoms with E-state index in [-0.39, 0.29) is 19.0 Å². The molecule has 0 bridgehead atoms.